The smallest absolute Gasteiger partial charge is 0.252 e. The predicted octanol–water partition coefficient (Wildman–Crippen LogP) is 2.42. The number of halogens is 1. The number of nitrogens with zero attached hydrogens (tertiary/aromatic N) is 5. The standard InChI is InChI=1S/C18H20ClN7O2S2/c19-13-3-5-14(6-4-13)21-18-23-15(22-17(20)24-18)12-25-7-9-26(10-8-25)30(27,28)16-2-1-11-29-16/h1-6,11H,7-10,12H2,(H3,20,21,22,23,24). The van der Waals surface area contributed by atoms with Crippen LogP contribution in [0.2, 0.25) is 5.02 Å². The molecular weight excluding hydrogens is 446 g/mol. The van der Waals surface area contributed by atoms with E-state index in [-0.39, 0.29) is 5.95 Å². The second kappa shape index (κ2) is 8.82. The molecule has 1 aliphatic rings. The van der Waals surface area contributed by atoms with E-state index in [4.69, 9.17) is 17.3 Å². The lowest BCUT2D eigenvalue weighted by molar-refractivity contribution is 0.178. The Balaban J connectivity index is 1.39. The second-order valence-electron chi connectivity index (χ2n) is 6.68. The van der Waals surface area contributed by atoms with Gasteiger partial charge in [0.05, 0.1) is 6.54 Å². The number of sulfonamides is 1. The average molecular weight is 466 g/mol. The van der Waals surface area contributed by atoms with Crippen LogP contribution in [0.3, 0.4) is 0 Å². The van der Waals surface area contributed by atoms with Gasteiger partial charge in [0.1, 0.15) is 10.0 Å². The molecule has 0 radical (unpaired) electrons. The van der Waals surface area contributed by atoms with E-state index < -0.39 is 10.0 Å². The fourth-order valence-corrected chi connectivity index (χ4v) is 5.79. The lowest BCUT2D eigenvalue weighted by Gasteiger charge is -2.33. The monoisotopic (exact) mass is 465 g/mol. The van der Waals surface area contributed by atoms with Gasteiger partial charge in [0.25, 0.3) is 10.0 Å². The van der Waals surface area contributed by atoms with E-state index in [1.54, 1.807) is 29.6 Å². The van der Waals surface area contributed by atoms with Gasteiger partial charge in [0.2, 0.25) is 11.9 Å². The fourth-order valence-electron chi connectivity index (χ4n) is 3.09. The molecule has 0 amide bonds. The molecule has 9 nitrogen and oxygen atoms in total. The highest BCUT2D eigenvalue weighted by molar-refractivity contribution is 7.91. The number of nitrogens with one attached hydrogen (secondary N) is 1. The number of hydrogen-bond acceptors (Lipinski definition) is 9. The molecule has 0 bridgehead atoms. The summed E-state index contributed by atoms with van der Waals surface area (Å²) in [7, 11) is -3.42. The van der Waals surface area contributed by atoms with Gasteiger partial charge in [-0.25, -0.2) is 8.42 Å². The maximum atomic E-state index is 12.6. The van der Waals surface area contributed by atoms with Gasteiger partial charge in [-0.05, 0) is 35.7 Å². The molecule has 0 spiro atoms. The summed E-state index contributed by atoms with van der Waals surface area (Å²) in [5, 5.41) is 5.49. The van der Waals surface area contributed by atoms with Crippen LogP contribution in [0.15, 0.2) is 46.0 Å². The van der Waals surface area contributed by atoms with E-state index in [2.05, 4.69) is 25.2 Å². The Hall–Kier alpha value is -2.31. The van der Waals surface area contributed by atoms with Gasteiger partial charge in [0.15, 0.2) is 0 Å². The molecule has 12 heteroatoms. The van der Waals surface area contributed by atoms with Gasteiger partial charge >= 0.3 is 0 Å². The van der Waals surface area contributed by atoms with E-state index >= 15 is 0 Å². The van der Waals surface area contributed by atoms with Crippen molar-refractivity contribution in [2.24, 2.45) is 0 Å². The van der Waals surface area contributed by atoms with Gasteiger partial charge in [-0.3, -0.25) is 4.90 Å². The number of anilines is 3. The zero-order valence-electron chi connectivity index (χ0n) is 15.9. The first-order chi connectivity index (χ1) is 14.4. The number of benzene rings is 1. The van der Waals surface area contributed by atoms with Crippen molar-refractivity contribution in [2.45, 2.75) is 10.8 Å². The van der Waals surface area contributed by atoms with Crippen LogP contribution in [-0.2, 0) is 16.6 Å². The van der Waals surface area contributed by atoms with E-state index in [1.165, 1.54) is 15.6 Å². The quantitative estimate of drug-likeness (QED) is 0.569. The van der Waals surface area contributed by atoms with Crippen LogP contribution in [0.1, 0.15) is 5.82 Å². The lowest BCUT2D eigenvalue weighted by atomic mass is 10.3. The second-order valence-corrected chi connectivity index (χ2v) is 10.2. The molecule has 4 rings (SSSR count). The molecule has 0 aliphatic carbocycles. The van der Waals surface area contributed by atoms with Crippen molar-refractivity contribution in [1.82, 2.24) is 24.2 Å². The molecule has 2 aromatic heterocycles. The highest BCUT2D eigenvalue weighted by Crippen LogP contribution is 2.22. The Morgan fingerprint density at radius 3 is 2.47 bits per heavy atom. The van der Waals surface area contributed by atoms with Crippen molar-refractivity contribution in [3.8, 4) is 0 Å². The Morgan fingerprint density at radius 2 is 1.80 bits per heavy atom. The Morgan fingerprint density at radius 1 is 1.07 bits per heavy atom. The first kappa shape index (κ1) is 20.9. The molecule has 1 aromatic carbocycles. The number of rotatable bonds is 6. The fraction of sp³-hybridized carbons (Fsp3) is 0.278. The third kappa shape index (κ3) is 4.87. The Bertz CT molecular complexity index is 1100. The summed E-state index contributed by atoms with van der Waals surface area (Å²) >= 11 is 7.14. The first-order valence-corrected chi connectivity index (χ1v) is 11.9. The number of aromatic nitrogens is 3. The molecule has 0 unspecified atom stereocenters. The molecule has 0 saturated carbocycles. The molecule has 3 heterocycles. The zero-order valence-corrected chi connectivity index (χ0v) is 18.3. The predicted molar refractivity (Wildman–Crippen MR) is 117 cm³/mol. The maximum Gasteiger partial charge on any atom is 0.252 e. The SMILES string of the molecule is Nc1nc(CN2CCN(S(=O)(=O)c3cccs3)CC2)nc(Nc2ccc(Cl)cc2)n1. The van der Waals surface area contributed by atoms with Gasteiger partial charge in [0, 0.05) is 36.9 Å². The number of nitrogen functional groups attached to an aromatic ring is 1. The summed E-state index contributed by atoms with van der Waals surface area (Å²) in [6.45, 7) is 2.44. The topological polar surface area (TPSA) is 117 Å². The summed E-state index contributed by atoms with van der Waals surface area (Å²) in [6.07, 6.45) is 0. The van der Waals surface area contributed by atoms with Crippen molar-refractivity contribution in [3.05, 3.63) is 52.6 Å². The van der Waals surface area contributed by atoms with E-state index in [9.17, 15) is 8.42 Å². The summed E-state index contributed by atoms with van der Waals surface area (Å²) in [5.41, 5.74) is 6.63. The highest BCUT2D eigenvalue weighted by Gasteiger charge is 2.29. The van der Waals surface area contributed by atoms with Gasteiger partial charge in [-0.15, -0.1) is 11.3 Å². The largest absolute Gasteiger partial charge is 0.368 e. The summed E-state index contributed by atoms with van der Waals surface area (Å²) in [4.78, 5) is 14.9. The molecule has 158 valence electrons. The minimum atomic E-state index is -3.42. The minimum absolute atomic E-state index is 0.121. The summed E-state index contributed by atoms with van der Waals surface area (Å²) < 4.78 is 27.2. The van der Waals surface area contributed by atoms with E-state index in [0.29, 0.717) is 53.7 Å². The van der Waals surface area contributed by atoms with Crippen molar-refractivity contribution in [1.29, 1.82) is 0 Å². The molecule has 3 aromatic rings. The minimum Gasteiger partial charge on any atom is -0.368 e. The third-order valence-electron chi connectivity index (χ3n) is 4.58. The van der Waals surface area contributed by atoms with E-state index in [1.807, 2.05) is 12.1 Å². The van der Waals surface area contributed by atoms with Gasteiger partial charge < -0.3 is 11.1 Å². The van der Waals surface area contributed by atoms with Crippen LogP contribution >= 0.6 is 22.9 Å². The molecule has 1 fully saturated rings. The van der Waals surface area contributed by atoms with Gasteiger partial charge in [-0.2, -0.15) is 19.3 Å². The van der Waals surface area contributed by atoms with Crippen LogP contribution in [0.5, 0.6) is 0 Å². The van der Waals surface area contributed by atoms with Crippen LogP contribution < -0.4 is 11.1 Å². The molecule has 0 atom stereocenters. The third-order valence-corrected chi connectivity index (χ3v) is 8.11. The average Bonchev–Trinajstić information content (AvgIpc) is 3.26. The number of hydrogen-bond donors (Lipinski definition) is 2. The molecule has 1 aliphatic heterocycles. The Kier molecular flexibility index (Phi) is 6.16. The van der Waals surface area contributed by atoms with Gasteiger partial charge in [-0.1, -0.05) is 17.7 Å². The lowest BCUT2D eigenvalue weighted by Crippen LogP contribution is -2.48. The van der Waals surface area contributed by atoms with Crippen molar-refractivity contribution in [3.63, 3.8) is 0 Å². The van der Waals surface area contributed by atoms with Crippen LogP contribution in [-0.4, -0.2) is 58.8 Å². The normalized spacial score (nSPS) is 15.9. The van der Waals surface area contributed by atoms with Crippen LogP contribution in [0, 0.1) is 0 Å². The zero-order chi connectivity index (χ0) is 21.1. The molecule has 1 saturated heterocycles. The number of thiophene rings is 1. The van der Waals surface area contributed by atoms with Crippen molar-refractivity contribution in [2.75, 3.05) is 37.2 Å². The highest BCUT2D eigenvalue weighted by atomic mass is 35.5. The van der Waals surface area contributed by atoms with Crippen LogP contribution in [0.4, 0.5) is 17.6 Å². The molecular formula is C18H20ClN7O2S2. The van der Waals surface area contributed by atoms with Crippen molar-refractivity contribution >= 4 is 50.5 Å². The first-order valence-electron chi connectivity index (χ1n) is 9.19. The van der Waals surface area contributed by atoms with E-state index in [0.717, 1.165) is 5.69 Å². The maximum absolute atomic E-state index is 12.6. The Labute approximate surface area is 183 Å². The number of nitrogens with two attached hydrogens (primary N) is 1. The molecule has 30 heavy (non-hydrogen) atoms. The summed E-state index contributed by atoms with van der Waals surface area (Å²) in [5.74, 6) is 0.989. The molecule has 3 N–H and O–H groups in total. The van der Waals surface area contributed by atoms with Crippen LogP contribution in [0.25, 0.3) is 0 Å². The van der Waals surface area contributed by atoms with Crippen molar-refractivity contribution < 1.29 is 8.42 Å². The summed E-state index contributed by atoms with van der Waals surface area (Å²) in [6, 6.07) is 10.5. The number of piperazine rings is 1.